The van der Waals surface area contributed by atoms with Crippen molar-refractivity contribution < 1.29 is 9.84 Å². The summed E-state index contributed by atoms with van der Waals surface area (Å²) in [6.45, 7) is 0. The van der Waals surface area contributed by atoms with Gasteiger partial charge in [0.15, 0.2) is 0 Å². The van der Waals surface area contributed by atoms with Crippen LogP contribution in [0.4, 0.5) is 0 Å². The third-order valence-corrected chi connectivity index (χ3v) is 3.65. The van der Waals surface area contributed by atoms with Gasteiger partial charge in [-0.2, -0.15) is 0 Å². The van der Waals surface area contributed by atoms with Crippen LogP contribution >= 0.6 is 15.9 Å². The molecule has 0 heterocycles. The van der Waals surface area contributed by atoms with Crippen molar-refractivity contribution >= 4 is 15.9 Å². The molecule has 0 aliphatic heterocycles. The van der Waals surface area contributed by atoms with Gasteiger partial charge in [-0.3, -0.25) is 0 Å². The number of rotatable bonds is 2. The van der Waals surface area contributed by atoms with E-state index in [1.54, 1.807) is 13.2 Å². The van der Waals surface area contributed by atoms with E-state index in [0.29, 0.717) is 11.7 Å². The molecule has 1 aliphatic rings. The van der Waals surface area contributed by atoms with Crippen LogP contribution in [0.1, 0.15) is 37.2 Å². The van der Waals surface area contributed by atoms with Crippen LogP contribution in [0.3, 0.4) is 0 Å². The number of hydrogen-bond donors (Lipinski definition) is 1. The summed E-state index contributed by atoms with van der Waals surface area (Å²) in [5.74, 6) is 1.73. The van der Waals surface area contributed by atoms with Crippen LogP contribution in [0.2, 0.25) is 0 Å². The van der Waals surface area contributed by atoms with Gasteiger partial charge in [0.05, 0.1) is 11.6 Å². The van der Waals surface area contributed by atoms with Crippen molar-refractivity contribution in [2.75, 3.05) is 7.11 Å². The minimum absolute atomic E-state index is 0.310. The van der Waals surface area contributed by atoms with Crippen molar-refractivity contribution in [2.45, 2.75) is 31.6 Å². The highest BCUT2D eigenvalue weighted by atomic mass is 79.9. The molecule has 0 amide bonds. The minimum Gasteiger partial charge on any atom is -0.508 e. The lowest BCUT2D eigenvalue weighted by Gasteiger charge is -2.16. The topological polar surface area (TPSA) is 29.5 Å². The maximum atomic E-state index is 9.59. The third kappa shape index (κ3) is 2.12. The fraction of sp³-hybridized carbons (Fsp3) is 0.500. The lowest BCUT2D eigenvalue weighted by atomic mass is 9.96. The number of methoxy groups -OCH3 is 1. The number of ether oxygens (including phenoxy) is 1. The molecule has 1 N–H and O–H groups in total. The van der Waals surface area contributed by atoms with E-state index in [9.17, 15) is 5.11 Å². The lowest BCUT2D eigenvalue weighted by molar-refractivity contribution is 0.399. The molecule has 1 saturated carbocycles. The van der Waals surface area contributed by atoms with Crippen LogP contribution in [-0.2, 0) is 0 Å². The van der Waals surface area contributed by atoms with Crippen LogP contribution in [0, 0.1) is 0 Å². The van der Waals surface area contributed by atoms with E-state index in [0.717, 1.165) is 15.8 Å². The van der Waals surface area contributed by atoms with Gasteiger partial charge in [0.25, 0.3) is 0 Å². The molecule has 3 heteroatoms. The highest BCUT2D eigenvalue weighted by Gasteiger charge is 2.22. The van der Waals surface area contributed by atoms with Crippen molar-refractivity contribution in [1.82, 2.24) is 0 Å². The van der Waals surface area contributed by atoms with Gasteiger partial charge in [-0.15, -0.1) is 0 Å². The number of phenolic OH excluding ortho intramolecular Hbond substituents is 1. The van der Waals surface area contributed by atoms with Crippen molar-refractivity contribution in [2.24, 2.45) is 0 Å². The molecule has 1 aromatic carbocycles. The molecule has 82 valence electrons. The summed E-state index contributed by atoms with van der Waals surface area (Å²) in [4.78, 5) is 0. The summed E-state index contributed by atoms with van der Waals surface area (Å²) in [6.07, 6.45) is 4.96. The van der Waals surface area contributed by atoms with Gasteiger partial charge >= 0.3 is 0 Å². The Morgan fingerprint density at radius 3 is 2.60 bits per heavy atom. The maximum Gasteiger partial charge on any atom is 0.136 e. The molecular weight excluding hydrogens is 256 g/mol. The largest absolute Gasteiger partial charge is 0.508 e. The summed E-state index contributed by atoms with van der Waals surface area (Å²) in [7, 11) is 1.68. The summed E-state index contributed by atoms with van der Waals surface area (Å²) >= 11 is 3.42. The normalized spacial score (nSPS) is 16.9. The van der Waals surface area contributed by atoms with Crippen LogP contribution in [0.15, 0.2) is 16.6 Å². The molecular formula is C12H15BrO2. The second kappa shape index (κ2) is 4.44. The van der Waals surface area contributed by atoms with Gasteiger partial charge in [-0.05, 0) is 46.8 Å². The second-order valence-electron chi connectivity index (χ2n) is 4.03. The zero-order valence-electron chi connectivity index (χ0n) is 8.79. The van der Waals surface area contributed by atoms with Crippen molar-refractivity contribution in [1.29, 1.82) is 0 Å². The Morgan fingerprint density at radius 1 is 1.33 bits per heavy atom. The number of phenols is 1. The van der Waals surface area contributed by atoms with Gasteiger partial charge in [-0.25, -0.2) is 0 Å². The zero-order chi connectivity index (χ0) is 10.8. The Morgan fingerprint density at radius 2 is 2.00 bits per heavy atom. The molecule has 0 unspecified atom stereocenters. The molecule has 0 spiro atoms. The van der Waals surface area contributed by atoms with E-state index in [-0.39, 0.29) is 0 Å². The SMILES string of the molecule is COc1c(Br)cc(O)cc1C1CCCC1. The van der Waals surface area contributed by atoms with Crippen LogP contribution < -0.4 is 4.74 Å². The molecule has 1 aromatic rings. The molecule has 0 atom stereocenters. The fourth-order valence-corrected chi connectivity index (χ4v) is 2.98. The summed E-state index contributed by atoms with van der Waals surface area (Å²) < 4.78 is 6.23. The molecule has 0 bridgehead atoms. The molecule has 0 aromatic heterocycles. The standard InChI is InChI=1S/C12H15BrO2/c1-15-12-10(8-4-2-3-5-8)6-9(14)7-11(12)13/h6-8,14H,2-5H2,1H3. The van der Waals surface area contributed by atoms with E-state index >= 15 is 0 Å². The first-order valence-electron chi connectivity index (χ1n) is 5.28. The van der Waals surface area contributed by atoms with E-state index in [2.05, 4.69) is 15.9 Å². The van der Waals surface area contributed by atoms with Crippen molar-refractivity contribution in [3.63, 3.8) is 0 Å². The average Bonchev–Trinajstić information content (AvgIpc) is 2.69. The second-order valence-corrected chi connectivity index (χ2v) is 4.89. The monoisotopic (exact) mass is 270 g/mol. The first kappa shape index (κ1) is 10.8. The van der Waals surface area contributed by atoms with E-state index in [1.807, 2.05) is 6.07 Å². The van der Waals surface area contributed by atoms with Crippen molar-refractivity contribution in [3.05, 3.63) is 22.2 Å². The van der Waals surface area contributed by atoms with Crippen molar-refractivity contribution in [3.8, 4) is 11.5 Å². The summed E-state index contributed by atoms with van der Waals surface area (Å²) in [6, 6.07) is 3.51. The quantitative estimate of drug-likeness (QED) is 0.886. The Bertz CT molecular complexity index is 357. The van der Waals surface area contributed by atoms with E-state index < -0.39 is 0 Å². The Labute approximate surface area is 98.4 Å². The van der Waals surface area contributed by atoms with Gasteiger partial charge < -0.3 is 9.84 Å². The highest BCUT2D eigenvalue weighted by Crippen LogP contribution is 2.43. The van der Waals surface area contributed by atoms with Crippen LogP contribution in [0.25, 0.3) is 0 Å². The van der Waals surface area contributed by atoms with E-state index in [1.165, 1.54) is 25.7 Å². The predicted octanol–water partition coefficient (Wildman–Crippen LogP) is 3.82. The van der Waals surface area contributed by atoms with Gasteiger partial charge in [0, 0.05) is 5.56 Å². The van der Waals surface area contributed by atoms with E-state index in [4.69, 9.17) is 4.74 Å². The molecule has 2 nitrogen and oxygen atoms in total. The minimum atomic E-state index is 0.310. The highest BCUT2D eigenvalue weighted by molar-refractivity contribution is 9.10. The molecule has 15 heavy (non-hydrogen) atoms. The number of benzene rings is 1. The fourth-order valence-electron chi connectivity index (χ4n) is 2.36. The molecule has 0 saturated heterocycles. The predicted molar refractivity (Wildman–Crippen MR) is 63.6 cm³/mol. The van der Waals surface area contributed by atoms with Gasteiger partial charge in [-0.1, -0.05) is 12.8 Å². The maximum absolute atomic E-state index is 9.59. The Hall–Kier alpha value is -0.700. The first-order valence-corrected chi connectivity index (χ1v) is 6.08. The molecule has 1 aliphatic carbocycles. The molecule has 0 radical (unpaired) electrons. The molecule has 2 rings (SSSR count). The smallest absolute Gasteiger partial charge is 0.136 e. The van der Waals surface area contributed by atoms with Gasteiger partial charge in [0.2, 0.25) is 0 Å². The zero-order valence-corrected chi connectivity index (χ0v) is 10.4. The summed E-state index contributed by atoms with van der Waals surface area (Å²) in [5.41, 5.74) is 1.14. The van der Waals surface area contributed by atoms with Gasteiger partial charge in [0.1, 0.15) is 11.5 Å². The third-order valence-electron chi connectivity index (χ3n) is 3.06. The Balaban J connectivity index is 2.42. The molecule has 1 fully saturated rings. The number of aromatic hydroxyl groups is 1. The lowest BCUT2D eigenvalue weighted by Crippen LogP contribution is -1.97. The first-order chi connectivity index (χ1) is 7.22. The van der Waals surface area contributed by atoms with Crippen LogP contribution in [0.5, 0.6) is 11.5 Å². The van der Waals surface area contributed by atoms with Crippen LogP contribution in [-0.4, -0.2) is 12.2 Å². The number of halogens is 1. The Kier molecular flexibility index (Phi) is 3.19. The average molecular weight is 271 g/mol. The summed E-state index contributed by atoms with van der Waals surface area (Å²) in [5, 5.41) is 9.59. The number of hydrogen-bond acceptors (Lipinski definition) is 2.